The number of hydrogen-bond donors (Lipinski definition) is 2. The number of ether oxygens (including phenoxy) is 1. The Bertz CT molecular complexity index is 470. The van der Waals surface area contributed by atoms with Crippen LogP contribution < -0.4 is 5.32 Å². The molecule has 0 aliphatic carbocycles. The van der Waals surface area contributed by atoms with Crippen LogP contribution in [0.1, 0.15) is 48.5 Å². The summed E-state index contributed by atoms with van der Waals surface area (Å²) in [5.41, 5.74) is 1.21. The SMILES string of the molecule is CCCCC(COC)NC(=O)CCc1ccc(C(=O)O)cc1. The molecule has 0 fully saturated rings. The summed E-state index contributed by atoms with van der Waals surface area (Å²) in [7, 11) is 1.63. The molecule has 0 saturated carbocycles. The van der Waals surface area contributed by atoms with Gasteiger partial charge < -0.3 is 15.2 Å². The monoisotopic (exact) mass is 307 g/mol. The average molecular weight is 307 g/mol. The number of aromatic carboxylic acids is 1. The van der Waals surface area contributed by atoms with E-state index in [0.29, 0.717) is 19.4 Å². The summed E-state index contributed by atoms with van der Waals surface area (Å²) in [6, 6.07) is 6.68. The van der Waals surface area contributed by atoms with Crippen LogP contribution in [0.2, 0.25) is 0 Å². The van der Waals surface area contributed by atoms with E-state index < -0.39 is 5.97 Å². The Kier molecular flexibility index (Phi) is 8.22. The van der Waals surface area contributed by atoms with Crippen LogP contribution in [0.15, 0.2) is 24.3 Å². The Hall–Kier alpha value is -1.88. The van der Waals surface area contributed by atoms with Gasteiger partial charge in [-0.2, -0.15) is 0 Å². The maximum atomic E-state index is 12.0. The standard InChI is InChI=1S/C17H25NO4/c1-3-4-5-15(12-22-2)18-16(19)11-8-13-6-9-14(10-7-13)17(20)21/h6-7,9-10,15H,3-5,8,11-12H2,1-2H3,(H,18,19)(H,20,21). The van der Waals surface area contributed by atoms with Gasteiger partial charge in [0.05, 0.1) is 18.2 Å². The number of carboxylic acids is 1. The minimum atomic E-state index is -0.942. The van der Waals surface area contributed by atoms with Crippen molar-refractivity contribution in [2.45, 2.75) is 45.1 Å². The zero-order valence-electron chi connectivity index (χ0n) is 13.3. The topological polar surface area (TPSA) is 75.6 Å². The third-order valence-electron chi connectivity index (χ3n) is 3.48. The number of benzene rings is 1. The molecule has 0 spiro atoms. The molecule has 22 heavy (non-hydrogen) atoms. The van der Waals surface area contributed by atoms with Gasteiger partial charge in [-0.3, -0.25) is 4.79 Å². The van der Waals surface area contributed by atoms with Crippen LogP contribution in [-0.2, 0) is 16.0 Å². The Morgan fingerprint density at radius 2 is 1.95 bits per heavy atom. The summed E-state index contributed by atoms with van der Waals surface area (Å²) in [4.78, 5) is 22.8. The molecule has 0 aliphatic heterocycles. The molecule has 1 atom stereocenters. The van der Waals surface area contributed by atoms with E-state index >= 15 is 0 Å². The number of hydrogen-bond acceptors (Lipinski definition) is 3. The summed E-state index contributed by atoms with van der Waals surface area (Å²) in [5, 5.41) is 11.8. The Labute approximate surface area is 131 Å². The third-order valence-corrected chi connectivity index (χ3v) is 3.48. The number of carbonyl (C=O) groups is 2. The molecule has 1 rings (SSSR count). The highest BCUT2D eigenvalue weighted by molar-refractivity contribution is 5.87. The first kappa shape index (κ1) is 18.2. The third kappa shape index (κ3) is 6.72. The van der Waals surface area contributed by atoms with Crippen molar-refractivity contribution in [3.05, 3.63) is 35.4 Å². The molecule has 5 nitrogen and oxygen atoms in total. The zero-order valence-corrected chi connectivity index (χ0v) is 13.3. The van der Waals surface area contributed by atoms with Crippen LogP contribution in [0.25, 0.3) is 0 Å². The number of amides is 1. The van der Waals surface area contributed by atoms with Crippen molar-refractivity contribution in [1.82, 2.24) is 5.32 Å². The lowest BCUT2D eigenvalue weighted by molar-refractivity contribution is -0.122. The molecule has 0 heterocycles. The van der Waals surface area contributed by atoms with Gasteiger partial charge in [-0.25, -0.2) is 4.79 Å². The van der Waals surface area contributed by atoms with Gasteiger partial charge in [0.25, 0.3) is 0 Å². The first-order valence-electron chi connectivity index (χ1n) is 7.67. The molecule has 0 aliphatic rings. The van der Waals surface area contributed by atoms with E-state index in [9.17, 15) is 9.59 Å². The summed E-state index contributed by atoms with van der Waals surface area (Å²) < 4.78 is 5.13. The van der Waals surface area contributed by atoms with Gasteiger partial charge in [-0.05, 0) is 30.5 Å². The lowest BCUT2D eigenvalue weighted by Gasteiger charge is -2.17. The minimum absolute atomic E-state index is 0.000430. The predicted molar refractivity (Wildman–Crippen MR) is 85.1 cm³/mol. The van der Waals surface area contributed by atoms with Crippen molar-refractivity contribution in [3.63, 3.8) is 0 Å². The van der Waals surface area contributed by atoms with Gasteiger partial charge in [0.2, 0.25) is 5.91 Å². The van der Waals surface area contributed by atoms with Crippen molar-refractivity contribution in [2.75, 3.05) is 13.7 Å². The molecule has 0 radical (unpaired) electrons. The van der Waals surface area contributed by atoms with Crippen LogP contribution in [-0.4, -0.2) is 36.7 Å². The van der Waals surface area contributed by atoms with E-state index in [1.165, 1.54) is 0 Å². The van der Waals surface area contributed by atoms with E-state index in [1.807, 2.05) is 0 Å². The maximum absolute atomic E-state index is 12.0. The summed E-state index contributed by atoms with van der Waals surface area (Å²) >= 11 is 0. The normalized spacial score (nSPS) is 11.9. The van der Waals surface area contributed by atoms with Gasteiger partial charge >= 0.3 is 5.97 Å². The van der Waals surface area contributed by atoms with Crippen LogP contribution in [0.3, 0.4) is 0 Å². The van der Waals surface area contributed by atoms with E-state index in [1.54, 1.807) is 31.4 Å². The molecule has 1 aromatic rings. The quantitative estimate of drug-likeness (QED) is 0.697. The predicted octanol–water partition coefficient (Wildman–Crippen LogP) is 2.64. The van der Waals surface area contributed by atoms with E-state index in [4.69, 9.17) is 9.84 Å². The van der Waals surface area contributed by atoms with Gasteiger partial charge in [0, 0.05) is 13.5 Å². The highest BCUT2D eigenvalue weighted by atomic mass is 16.5. The van der Waals surface area contributed by atoms with Gasteiger partial charge in [0.15, 0.2) is 0 Å². The number of carboxylic acid groups (broad SMARTS) is 1. The first-order valence-corrected chi connectivity index (χ1v) is 7.67. The smallest absolute Gasteiger partial charge is 0.335 e. The van der Waals surface area contributed by atoms with Gasteiger partial charge in [-0.15, -0.1) is 0 Å². The van der Waals surface area contributed by atoms with E-state index in [-0.39, 0.29) is 17.5 Å². The molecule has 0 aromatic heterocycles. The molecule has 1 aromatic carbocycles. The number of nitrogens with one attached hydrogen (secondary N) is 1. The second kappa shape index (κ2) is 9.95. The molecule has 5 heteroatoms. The van der Waals surface area contributed by atoms with Gasteiger partial charge in [-0.1, -0.05) is 31.9 Å². The lowest BCUT2D eigenvalue weighted by Crippen LogP contribution is -2.38. The van der Waals surface area contributed by atoms with E-state index in [0.717, 1.165) is 24.8 Å². The molecule has 1 amide bonds. The zero-order chi connectivity index (χ0) is 16.4. The fourth-order valence-corrected chi connectivity index (χ4v) is 2.22. The second-order valence-electron chi connectivity index (χ2n) is 5.36. The van der Waals surface area contributed by atoms with Crippen LogP contribution >= 0.6 is 0 Å². The average Bonchev–Trinajstić information content (AvgIpc) is 2.51. The number of unbranched alkanes of at least 4 members (excludes halogenated alkanes) is 1. The van der Waals surface area contributed by atoms with Crippen molar-refractivity contribution >= 4 is 11.9 Å². The molecule has 122 valence electrons. The fraction of sp³-hybridized carbons (Fsp3) is 0.529. The molecular weight excluding hydrogens is 282 g/mol. The van der Waals surface area contributed by atoms with Gasteiger partial charge in [0.1, 0.15) is 0 Å². The molecule has 0 saturated heterocycles. The lowest BCUT2D eigenvalue weighted by atomic mass is 10.1. The van der Waals surface area contributed by atoms with Crippen LogP contribution in [0.4, 0.5) is 0 Å². The number of carbonyl (C=O) groups excluding carboxylic acids is 1. The molecule has 2 N–H and O–H groups in total. The fourth-order valence-electron chi connectivity index (χ4n) is 2.22. The maximum Gasteiger partial charge on any atom is 0.335 e. The largest absolute Gasteiger partial charge is 0.478 e. The van der Waals surface area contributed by atoms with Crippen molar-refractivity contribution in [2.24, 2.45) is 0 Å². The highest BCUT2D eigenvalue weighted by Gasteiger charge is 2.12. The number of rotatable bonds is 10. The Morgan fingerprint density at radius 1 is 1.27 bits per heavy atom. The van der Waals surface area contributed by atoms with Crippen molar-refractivity contribution in [3.8, 4) is 0 Å². The summed E-state index contributed by atoms with van der Waals surface area (Å²) in [6.07, 6.45) is 4.05. The molecule has 1 unspecified atom stereocenters. The highest BCUT2D eigenvalue weighted by Crippen LogP contribution is 2.08. The molecular formula is C17H25NO4. The van der Waals surface area contributed by atoms with Crippen molar-refractivity contribution in [1.29, 1.82) is 0 Å². The Morgan fingerprint density at radius 3 is 2.50 bits per heavy atom. The second-order valence-corrected chi connectivity index (χ2v) is 5.36. The summed E-state index contributed by atoms with van der Waals surface area (Å²) in [5.74, 6) is -0.942. The van der Waals surface area contributed by atoms with Crippen LogP contribution in [0, 0.1) is 0 Å². The number of aryl methyl sites for hydroxylation is 1. The van der Waals surface area contributed by atoms with E-state index in [2.05, 4.69) is 12.2 Å². The molecule has 0 bridgehead atoms. The first-order chi connectivity index (χ1) is 10.6. The number of methoxy groups -OCH3 is 1. The van der Waals surface area contributed by atoms with Crippen molar-refractivity contribution < 1.29 is 19.4 Å². The summed E-state index contributed by atoms with van der Waals surface area (Å²) in [6.45, 7) is 2.64. The minimum Gasteiger partial charge on any atom is -0.478 e. The van der Waals surface area contributed by atoms with Crippen LogP contribution in [0.5, 0.6) is 0 Å². The Balaban J connectivity index is 2.41.